The van der Waals surface area contributed by atoms with Crippen LogP contribution in [0.2, 0.25) is 0 Å². The molecule has 2 aliphatic rings. The lowest BCUT2D eigenvalue weighted by atomic mass is 9.95. The van der Waals surface area contributed by atoms with Gasteiger partial charge in [-0.15, -0.1) is 0 Å². The Morgan fingerprint density at radius 3 is 2.42 bits per heavy atom. The lowest BCUT2D eigenvalue weighted by Gasteiger charge is -2.27. The summed E-state index contributed by atoms with van der Waals surface area (Å²) < 4.78 is 40.4. The van der Waals surface area contributed by atoms with Gasteiger partial charge in [0.25, 0.3) is 5.91 Å². The molecule has 1 saturated heterocycles. The van der Waals surface area contributed by atoms with Crippen molar-refractivity contribution in [1.29, 1.82) is 0 Å². The summed E-state index contributed by atoms with van der Waals surface area (Å²) in [5.74, 6) is 0.744. The van der Waals surface area contributed by atoms with Crippen LogP contribution >= 0.6 is 0 Å². The van der Waals surface area contributed by atoms with E-state index in [-0.39, 0.29) is 30.6 Å². The van der Waals surface area contributed by atoms with Gasteiger partial charge in [0.1, 0.15) is 23.5 Å². The first-order chi connectivity index (χ1) is 17.0. The van der Waals surface area contributed by atoms with Crippen LogP contribution in [0.3, 0.4) is 0 Å². The number of hydrogen-bond acceptors (Lipinski definition) is 6. The highest BCUT2D eigenvalue weighted by atomic mass is 19.4. The van der Waals surface area contributed by atoms with Crippen LogP contribution in [0.15, 0.2) is 48.9 Å². The Labute approximate surface area is 204 Å². The second kappa shape index (κ2) is 8.32. The zero-order valence-electron chi connectivity index (χ0n) is 19.6. The number of nitrogens with one attached hydrogen (secondary N) is 2. The van der Waals surface area contributed by atoms with Gasteiger partial charge in [0.05, 0.1) is 17.6 Å². The molecule has 0 spiro atoms. The van der Waals surface area contributed by atoms with Gasteiger partial charge in [-0.2, -0.15) is 18.3 Å². The monoisotopic (exact) mass is 499 g/mol. The molecule has 3 aromatic rings. The Morgan fingerprint density at radius 1 is 1.08 bits per heavy atom. The number of halogens is 3. The number of alkyl halides is 3. The molecule has 5 rings (SSSR count). The first-order valence-electron chi connectivity index (χ1n) is 11.4. The van der Waals surface area contributed by atoms with E-state index in [9.17, 15) is 22.8 Å². The number of benzene rings is 1. The van der Waals surface area contributed by atoms with Crippen LogP contribution in [-0.2, 0) is 23.3 Å². The van der Waals surface area contributed by atoms with Crippen molar-refractivity contribution in [1.82, 2.24) is 25.1 Å². The number of carbonyl (C=O) groups is 2. The molecular weight excluding hydrogens is 475 g/mol. The lowest BCUT2D eigenvalue weighted by Crippen LogP contribution is -2.43. The number of hydrogen-bond donors (Lipinski definition) is 2. The molecule has 1 aliphatic heterocycles. The summed E-state index contributed by atoms with van der Waals surface area (Å²) in [5, 5.41) is 9.64. The molecule has 0 bridgehead atoms. The van der Waals surface area contributed by atoms with Crippen molar-refractivity contribution in [3.8, 4) is 0 Å². The highest BCUT2D eigenvalue weighted by molar-refractivity contribution is 6.22. The fourth-order valence-electron chi connectivity index (χ4n) is 4.46. The van der Waals surface area contributed by atoms with E-state index in [4.69, 9.17) is 0 Å². The topological polar surface area (TPSA) is 107 Å². The molecular formula is C24H24F3N7O2. The fraction of sp³-hybridized carbons (Fsp3) is 0.375. The summed E-state index contributed by atoms with van der Waals surface area (Å²) in [5.41, 5.74) is -1.84. The zero-order valence-corrected chi connectivity index (χ0v) is 19.6. The van der Waals surface area contributed by atoms with E-state index < -0.39 is 29.1 Å². The smallest absolute Gasteiger partial charge is 0.363 e. The van der Waals surface area contributed by atoms with Gasteiger partial charge in [-0.1, -0.05) is 12.1 Å². The quantitative estimate of drug-likeness (QED) is 0.473. The van der Waals surface area contributed by atoms with Crippen molar-refractivity contribution >= 4 is 23.4 Å². The number of aromatic nitrogens is 4. The van der Waals surface area contributed by atoms with Crippen LogP contribution in [0.25, 0.3) is 0 Å². The summed E-state index contributed by atoms with van der Waals surface area (Å²) in [6.07, 6.45) is -1.25. The molecule has 9 nitrogen and oxygen atoms in total. The number of rotatable bonds is 7. The number of H-pyrrole nitrogens is 1. The van der Waals surface area contributed by atoms with Gasteiger partial charge in [-0.3, -0.25) is 9.89 Å². The summed E-state index contributed by atoms with van der Waals surface area (Å²) in [7, 11) is 0. The number of anilines is 2. The van der Waals surface area contributed by atoms with Crippen molar-refractivity contribution < 1.29 is 22.8 Å². The van der Waals surface area contributed by atoms with Crippen LogP contribution in [0.4, 0.5) is 29.5 Å². The molecule has 2 fully saturated rings. The largest absolute Gasteiger partial charge is 0.398 e. The highest BCUT2D eigenvalue weighted by Gasteiger charge is 2.64. The number of aromatic amines is 1. The number of pyridine rings is 1. The van der Waals surface area contributed by atoms with Crippen molar-refractivity contribution in [2.75, 3.05) is 10.2 Å². The van der Waals surface area contributed by atoms with E-state index in [0.717, 1.165) is 10.5 Å². The maximum atomic E-state index is 13.5. The number of carbonyl (C=O) groups excluding carboxylic acids is 2. The molecule has 1 aliphatic carbocycles. The molecule has 3 amide bonds. The van der Waals surface area contributed by atoms with Crippen LogP contribution in [0.1, 0.15) is 43.6 Å². The highest BCUT2D eigenvalue weighted by Crippen LogP contribution is 2.59. The maximum Gasteiger partial charge on any atom is 0.398 e. The van der Waals surface area contributed by atoms with E-state index in [1.807, 2.05) is 0 Å². The van der Waals surface area contributed by atoms with Gasteiger partial charge in [-0.25, -0.2) is 19.7 Å². The third-order valence-electron chi connectivity index (χ3n) is 6.86. The predicted molar refractivity (Wildman–Crippen MR) is 124 cm³/mol. The van der Waals surface area contributed by atoms with Crippen LogP contribution in [0.5, 0.6) is 0 Å². The molecule has 0 radical (unpaired) electrons. The standard InChI is InChI=1S/C24H24F3N7O2/c1-22(2)20(35)34(17-5-3-16(4-6-17)23(8-9-23)24(25,26)27)21(36)33(22)13-15-7-10-28-18(11-15)29-12-19-30-14-31-32-19/h3-7,10-11,14H,8-9,12-13H2,1-2H3,(H,28,29)(H,30,31,32). The number of nitrogens with zero attached hydrogens (tertiary/aromatic N) is 5. The van der Waals surface area contributed by atoms with Crippen molar-refractivity contribution in [3.05, 3.63) is 65.9 Å². The van der Waals surface area contributed by atoms with E-state index >= 15 is 0 Å². The van der Waals surface area contributed by atoms with Gasteiger partial charge in [0, 0.05) is 12.7 Å². The molecule has 188 valence electrons. The summed E-state index contributed by atoms with van der Waals surface area (Å²) in [6.45, 7) is 3.81. The maximum absolute atomic E-state index is 13.5. The molecule has 2 N–H and O–H groups in total. The van der Waals surface area contributed by atoms with Crippen molar-refractivity contribution in [2.45, 2.75) is 56.9 Å². The Bertz CT molecular complexity index is 1290. The molecule has 3 heterocycles. The van der Waals surface area contributed by atoms with Crippen molar-refractivity contribution in [2.24, 2.45) is 0 Å². The number of urea groups is 1. The van der Waals surface area contributed by atoms with E-state index in [1.54, 1.807) is 32.2 Å². The minimum atomic E-state index is -4.33. The van der Waals surface area contributed by atoms with Crippen LogP contribution in [0, 0.1) is 0 Å². The van der Waals surface area contributed by atoms with Gasteiger partial charge in [0.2, 0.25) is 0 Å². The molecule has 36 heavy (non-hydrogen) atoms. The van der Waals surface area contributed by atoms with Crippen LogP contribution in [-0.4, -0.2) is 48.7 Å². The second-order valence-corrected chi connectivity index (χ2v) is 9.53. The van der Waals surface area contributed by atoms with Crippen molar-refractivity contribution in [3.63, 3.8) is 0 Å². The van der Waals surface area contributed by atoms with Gasteiger partial charge >= 0.3 is 12.2 Å². The minimum absolute atomic E-state index is 0.0411. The molecule has 2 aromatic heterocycles. The summed E-state index contributed by atoms with van der Waals surface area (Å²) in [6, 6.07) is 8.53. The summed E-state index contributed by atoms with van der Waals surface area (Å²) >= 11 is 0. The Hall–Kier alpha value is -3.96. The van der Waals surface area contributed by atoms with E-state index in [1.165, 1.54) is 35.5 Å². The lowest BCUT2D eigenvalue weighted by molar-refractivity contribution is -0.160. The SMILES string of the molecule is CC1(C)C(=O)N(c2ccc(C3(C(F)(F)F)CC3)cc2)C(=O)N1Cc1ccnc(NCc2ncn[nH]2)c1. The average molecular weight is 499 g/mol. The molecule has 0 atom stereocenters. The average Bonchev–Trinajstić information content (AvgIpc) is 3.47. The van der Waals surface area contributed by atoms with E-state index in [2.05, 4.69) is 25.5 Å². The Balaban J connectivity index is 1.34. The van der Waals surface area contributed by atoms with Gasteiger partial charge < -0.3 is 10.2 Å². The van der Waals surface area contributed by atoms with Crippen LogP contribution < -0.4 is 10.2 Å². The molecule has 12 heteroatoms. The first-order valence-corrected chi connectivity index (χ1v) is 11.4. The Morgan fingerprint density at radius 2 is 1.81 bits per heavy atom. The fourth-order valence-corrected chi connectivity index (χ4v) is 4.46. The second-order valence-electron chi connectivity index (χ2n) is 9.53. The molecule has 0 unspecified atom stereocenters. The summed E-state index contributed by atoms with van der Waals surface area (Å²) in [4.78, 5) is 37.4. The predicted octanol–water partition coefficient (Wildman–Crippen LogP) is 4.15. The number of amides is 3. The first kappa shape index (κ1) is 23.8. The normalized spacial score (nSPS) is 18.6. The van der Waals surface area contributed by atoms with Gasteiger partial charge in [0.15, 0.2) is 0 Å². The third-order valence-corrected chi connectivity index (χ3v) is 6.86. The zero-order chi connectivity index (χ0) is 25.7. The van der Waals surface area contributed by atoms with Gasteiger partial charge in [-0.05, 0) is 62.1 Å². The third kappa shape index (κ3) is 3.95. The Kier molecular flexibility index (Phi) is 5.49. The minimum Gasteiger partial charge on any atom is -0.363 e. The molecule has 1 aromatic carbocycles. The van der Waals surface area contributed by atoms with E-state index in [0.29, 0.717) is 18.2 Å². The molecule has 1 saturated carbocycles. The number of imide groups is 1.